The zero-order valence-electron chi connectivity index (χ0n) is 10.5. The van der Waals surface area contributed by atoms with Crippen LogP contribution in [0, 0.1) is 17.1 Å². The van der Waals surface area contributed by atoms with Gasteiger partial charge in [-0.2, -0.15) is 5.26 Å². The lowest BCUT2D eigenvalue weighted by Gasteiger charge is -2.03. The number of halogens is 2. The highest BCUT2D eigenvalue weighted by molar-refractivity contribution is 9.10. The van der Waals surface area contributed by atoms with Crippen molar-refractivity contribution in [2.24, 2.45) is 0 Å². The van der Waals surface area contributed by atoms with Crippen molar-refractivity contribution in [3.8, 4) is 6.07 Å². The third kappa shape index (κ3) is 4.84. The van der Waals surface area contributed by atoms with Gasteiger partial charge in [0, 0.05) is 10.0 Å². The zero-order chi connectivity index (χ0) is 14.3. The molecule has 0 bridgehead atoms. The van der Waals surface area contributed by atoms with E-state index in [0.29, 0.717) is 4.47 Å². The molecule has 5 heteroatoms. The Bertz CT molecular complexity index is 535. The lowest BCUT2D eigenvalue weighted by Crippen LogP contribution is -2.08. The van der Waals surface area contributed by atoms with E-state index in [1.807, 2.05) is 6.92 Å². The van der Waals surface area contributed by atoms with Gasteiger partial charge in [-0.25, -0.2) is 9.18 Å². The van der Waals surface area contributed by atoms with Gasteiger partial charge in [-0.15, -0.1) is 0 Å². The highest BCUT2D eigenvalue weighted by Gasteiger charge is 2.12. The molecule has 0 saturated carbocycles. The Balaban J connectivity index is 2.90. The number of hydrogen-bond acceptors (Lipinski definition) is 3. The van der Waals surface area contributed by atoms with Crippen LogP contribution in [0.15, 0.2) is 28.2 Å². The van der Waals surface area contributed by atoms with Gasteiger partial charge in [-0.1, -0.05) is 29.3 Å². The largest absolute Gasteiger partial charge is 0.462 e. The predicted molar refractivity (Wildman–Crippen MR) is 73.6 cm³/mol. The maximum Gasteiger partial charge on any atom is 0.348 e. The first-order valence-corrected chi connectivity index (χ1v) is 6.61. The molecule has 0 aliphatic heterocycles. The number of hydrogen-bond donors (Lipinski definition) is 0. The van der Waals surface area contributed by atoms with Crippen LogP contribution in [-0.4, -0.2) is 12.6 Å². The lowest BCUT2D eigenvalue weighted by atomic mass is 10.1. The molecule has 19 heavy (non-hydrogen) atoms. The van der Waals surface area contributed by atoms with Crippen molar-refractivity contribution >= 4 is 28.0 Å². The van der Waals surface area contributed by atoms with Crippen LogP contribution in [0.2, 0.25) is 0 Å². The molecule has 0 aliphatic rings. The highest BCUT2D eigenvalue weighted by atomic mass is 79.9. The van der Waals surface area contributed by atoms with Crippen molar-refractivity contribution in [1.29, 1.82) is 5.26 Å². The summed E-state index contributed by atoms with van der Waals surface area (Å²) in [5.74, 6) is -1.23. The quantitative estimate of drug-likeness (QED) is 0.357. The van der Waals surface area contributed by atoms with E-state index in [0.717, 1.165) is 12.8 Å². The summed E-state index contributed by atoms with van der Waals surface area (Å²) >= 11 is 3.20. The van der Waals surface area contributed by atoms with E-state index < -0.39 is 11.8 Å². The summed E-state index contributed by atoms with van der Waals surface area (Å²) in [7, 11) is 0. The van der Waals surface area contributed by atoms with Crippen LogP contribution in [0.5, 0.6) is 0 Å². The van der Waals surface area contributed by atoms with Gasteiger partial charge in [0.05, 0.1) is 6.61 Å². The first kappa shape index (κ1) is 15.4. The lowest BCUT2D eigenvalue weighted by molar-refractivity contribution is -0.138. The van der Waals surface area contributed by atoms with Gasteiger partial charge in [-0.3, -0.25) is 0 Å². The molecule has 0 aliphatic carbocycles. The third-order valence-electron chi connectivity index (χ3n) is 2.33. The summed E-state index contributed by atoms with van der Waals surface area (Å²) in [5, 5.41) is 8.92. The van der Waals surface area contributed by atoms with Crippen LogP contribution in [0.1, 0.15) is 25.3 Å². The van der Waals surface area contributed by atoms with Gasteiger partial charge in [0.25, 0.3) is 0 Å². The second kappa shape index (κ2) is 7.70. The van der Waals surface area contributed by atoms with Crippen LogP contribution in [-0.2, 0) is 9.53 Å². The van der Waals surface area contributed by atoms with Crippen molar-refractivity contribution in [3.05, 3.63) is 39.6 Å². The number of nitrogens with zero attached hydrogens (tertiary/aromatic N) is 1. The van der Waals surface area contributed by atoms with E-state index in [-0.39, 0.29) is 17.7 Å². The number of unbranched alkanes of at least 4 members (excludes halogenated alkanes) is 1. The maximum atomic E-state index is 13.5. The molecule has 3 nitrogen and oxygen atoms in total. The van der Waals surface area contributed by atoms with Gasteiger partial charge < -0.3 is 4.74 Å². The molecule has 0 atom stereocenters. The minimum absolute atomic E-state index is 0.165. The van der Waals surface area contributed by atoms with E-state index in [4.69, 9.17) is 10.00 Å². The highest BCUT2D eigenvalue weighted by Crippen LogP contribution is 2.18. The number of ether oxygens (including phenoxy) is 1. The maximum absolute atomic E-state index is 13.5. The Morgan fingerprint density at radius 2 is 2.32 bits per heavy atom. The Kier molecular flexibility index (Phi) is 6.23. The van der Waals surface area contributed by atoms with Crippen LogP contribution < -0.4 is 0 Å². The monoisotopic (exact) mass is 325 g/mol. The first-order valence-electron chi connectivity index (χ1n) is 5.82. The van der Waals surface area contributed by atoms with Crippen molar-refractivity contribution in [1.82, 2.24) is 0 Å². The number of carbonyl (C=O) groups excluding carboxylic acids is 1. The smallest absolute Gasteiger partial charge is 0.348 e. The molecule has 0 spiro atoms. The van der Waals surface area contributed by atoms with Crippen molar-refractivity contribution < 1.29 is 13.9 Å². The number of benzene rings is 1. The van der Waals surface area contributed by atoms with E-state index in [2.05, 4.69) is 15.9 Å². The van der Waals surface area contributed by atoms with Crippen molar-refractivity contribution in [2.45, 2.75) is 19.8 Å². The fraction of sp³-hybridized carbons (Fsp3) is 0.286. The van der Waals surface area contributed by atoms with Gasteiger partial charge in [0.2, 0.25) is 0 Å². The second-order valence-corrected chi connectivity index (χ2v) is 4.74. The van der Waals surface area contributed by atoms with Gasteiger partial charge in [0.1, 0.15) is 17.5 Å². The summed E-state index contributed by atoms with van der Waals surface area (Å²) < 4.78 is 19.1. The molecule has 0 fully saturated rings. The van der Waals surface area contributed by atoms with Crippen LogP contribution >= 0.6 is 15.9 Å². The molecule has 0 unspecified atom stereocenters. The van der Waals surface area contributed by atoms with Crippen LogP contribution in [0.4, 0.5) is 4.39 Å². The number of nitriles is 1. The topological polar surface area (TPSA) is 50.1 Å². The zero-order valence-corrected chi connectivity index (χ0v) is 12.0. The van der Waals surface area contributed by atoms with Crippen molar-refractivity contribution in [2.75, 3.05) is 6.61 Å². The third-order valence-corrected chi connectivity index (χ3v) is 2.82. The standard InChI is InChI=1S/C14H13BrFNO2/c1-2-3-6-19-14(18)11(9-17)7-10-8-12(15)4-5-13(10)16/h4-5,7-8H,2-3,6H2,1H3. The van der Waals surface area contributed by atoms with Crippen molar-refractivity contribution in [3.63, 3.8) is 0 Å². The molecule has 100 valence electrons. The number of esters is 1. The van der Waals surface area contributed by atoms with E-state index in [1.54, 1.807) is 6.07 Å². The molecule has 0 saturated heterocycles. The molecule has 1 rings (SSSR count). The van der Waals surface area contributed by atoms with Gasteiger partial charge in [-0.05, 0) is 30.7 Å². The fourth-order valence-corrected chi connectivity index (χ4v) is 1.68. The fourth-order valence-electron chi connectivity index (χ4n) is 1.30. The molecule has 1 aromatic carbocycles. The average Bonchev–Trinajstić information content (AvgIpc) is 2.39. The summed E-state index contributed by atoms with van der Waals surface area (Å²) in [5.41, 5.74) is -0.0496. The summed E-state index contributed by atoms with van der Waals surface area (Å²) in [4.78, 5) is 11.6. The summed E-state index contributed by atoms with van der Waals surface area (Å²) in [6.45, 7) is 2.22. The molecule has 0 aromatic heterocycles. The Hall–Kier alpha value is -1.67. The van der Waals surface area contributed by atoms with E-state index >= 15 is 0 Å². The molecular formula is C14H13BrFNO2. The predicted octanol–water partition coefficient (Wildman–Crippen LogP) is 3.84. The Morgan fingerprint density at radius 1 is 1.58 bits per heavy atom. The SMILES string of the molecule is CCCCOC(=O)C(C#N)=Cc1cc(Br)ccc1F. The van der Waals surface area contributed by atoms with Gasteiger partial charge in [0.15, 0.2) is 0 Å². The number of carbonyl (C=O) groups is 1. The molecule has 0 heterocycles. The molecule has 0 radical (unpaired) electrons. The average molecular weight is 326 g/mol. The first-order chi connectivity index (χ1) is 9.08. The number of rotatable bonds is 5. The minimum atomic E-state index is -0.727. The molecule has 0 amide bonds. The molecule has 0 N–H and O–H groups in total. The molecule has 1 aromatic rings. The second-order valence-electron chi connectivity index (χ2n) is 3.83. The van der Waals surface area contributed by atoms with Crippen LogP contribution in [0.3, 0.4) is 0 Å². The molecular weight excluding hydrogens is 313 g/mol. The minimum Gasteiger partial charge on any atom is -0.462 e. The van der Waals surface area contributed by atoms with E-state index in [9.17, 15) is 9.18 Å². The Morgan fingerprint density at radius 3 is 2.95 bits per heavy atom. The summed E-state index contributed by atoms with van der Waals surface area (Å²) in [6.07, 6.45) is 2.81. The van der Waals surface area contributed by atoms with Crippen LogP contribution in [0.25, 0.3) is 6.08 Å². The normalized spacial score (nSPS) is 10.9. The Labute approximate surface area is 119 Å². The van der Waals surface area contributed by atoms with E-state index in [1.165, 1.54) is 24.3 Å². The summed E-state index contributed by atoms with van der Waals surface area (Å²) in [6, 6.07) is 6.02. The van der Waals surface area contributed by atoms with Gasteiger partial charge >= 0.3 is 5.97 Å².